The molecule has 0 saturated carbocycles. The number of piperidine rings is 1. The van der Waals surface area contributed by atoms with Crippen LogP contribution in [0.15, 0.2) is 12.4 Å². The maximum atomic E-state index is 13.0. The fourth-order valence-corrected chi connectivity index (χ4v) is 3.99. The van der Waals surface area contributed by atoms with Crippen molar-refractivity contribution in [3.8, 4) is 0 Å². The van der Waals surface area contributed by atoms with Gasteiger partial charge in [-0.15, -0.1) is 0 Å². The van der Waals surface area contributed by atoms with Gasteiger partial charge in [0.1, 0.15) is 17.8 Å². The summed E-state index contributed by atoms with van der Waals surface area (Å²) in [6, 6.07) is 1.85. The Morgan fingerprint density at radius 3 is 2.64 bits per heavy atom. The van der Waals surface area contributed by atoms with Gasteiger partial charge in [0.25, 0.3) is 5.91 Å². The summed E-state index contributed by atoms with van der Waals surface area (Å²) in [5.74, 6) is 0.849. The number of nitrogens with zero attached hydrogens (tertiary/aromatic N) is 4. The molecule has 7 heteroatoms. The second-order valence-corrected chi connectivity index (χ2v) is 7.18. The van der Waals surface area contributed by atoms with Gasteiger partial charge in [-0.2, -0.15) is 0 Å². The van der Waals surface area contributed by atoms with Gasteiger partial charge in [0.2, 0.25) is 0 Å². The molecule has 3 fully saturated rings. The molecule has 4 rings (SSSR count). The van der Waals surface area contributed by atoms with Crippen LogP contribution >= 0.6 is 0 Å². The minimum Gasteiger partial charge on any atom is -0.381 e. The van der Waals surface area contributed by atoms with Crippen molar-refractivity contribution in [2.45, 2.75) is 37.7 Å². The predicted molar refractivity (Wildman–Crippen MR) is 92.7 cm³/mol. The molecule has 0 bridgehead atoms. The smallest absolute Gasteiger partial charge is 0.272 e. The molecule has 0 aromatic carbocycles. The van der Waals surface area contributed by atoms with Gasteiger partial charge in [-0.05, 0) is 19.3 Å². The van der Waals surface area contributed by atoms with Crippen molar-refractivity contribution in [1.29, 1.82) is 0 Å². The van der Waals surface area contributed by atoms with Gasteiger partial charge >= 0.3 is 0 Å². The molecule has 0 atom stereocenters. The highest BCUT2D eigenvalue weighted by atomic mass is 16.5. The summed E-state index contributed by atoms with van der Waals surface area (Å²) >= 11 is 0. The molecule has 1 aromatic heterocycles. The normalized spacial score (nSPS) is 23.7. The first-order chi connectivity index (χ1) is 12.3. The molecule has 0 radical (unpaired) electrons. The average Bonchev–Trinajstić information content (AvgIpc) is 2.69. The van der Waals surface area contributed by atoms with Gasteiger partial charge in [-0.25, -0.2) is 9.97 Å². The van der Waals surface area contributed by atoms with Gasteiger partial charge in [-0.1, -0.05) is 0 Å². The molecule has 25 heavy (non-hydrogen) atoms. The first kappa shape index (κ1) is 16.7. The number of carbonyl (C=O) groups is 1. The zero-order valence-electron chi connectivity index (χ0n) is 14.7. The van der Waals surface area contributed by atoms with Crippen LogP contribution in [0.25, 0.3) is 0 Å². The Bertz CT molecular complexity index is 607. The van der Waals surface area contributed by atoms with Crippen molar-refractivity contribution in [2.24, 2.45) is 0 Å². The first-order valence-corrected chi connectivity index (χ1v) is 9.34. The lowest BCUT2D eigenvalue weighted by Crippen LogP contribution is -2.56. The van der Waals surface area contributed by atoms with E-state index in [1.165, 1.54) is 25.6 Å². The Balaban J connectivity index is 1.48. The number of hydrogen-bond acceptors (Lipinski definition) is 6. The third-order valence-electron chi connectivity index (χ3n) is 5.49. The molecule has 3 aliphatic rings. The van der Waals surface area contributed by atoms with Crippen molar-refractivity contribution in [1.82, 2.24) is 14.9 Å². The summed E-state index contributed by atoms with van der Waals surface area (Å²) in [4.78, 5) is 25.8. The van der Waals surface area contributed by atoms with Crippen molar-refractivity contribution in [3.05, 3.63) is 18.1 Å². The Labute approximate surface area is 148 Å². The lowest BCUT2D eigenvalue weighted by molar-refractivity contribution is -0.146. The summed E-state index contributed by atoms with van der Waals surface area (Å²) in [7, 11) is 0. The molecule has 1 aromatic rings. The summed E-state index contributed by atoms with van der Waals surface area (Å²) in [5.41, 5.74) is 0.245. The number of rotatable bonds is 2. The molecule has 0 aliphatic carbocycles. The highest BCUT2D eigenvalue weighted by Gasteiger charge is 2.40. The van der Waals surface area contributed by atoms with Crippen molar-refractivity contribution >= 4 is 11.7 Å². The van der Waals surface area contributed by atoms with Gasteiger partial charge in [0.15, 0.2) is 0 Å². The van der Waals surface area contributed by atoms with Crippen molar-refractivity contribution in [3.63, 3.8) is 0 Å². The van der Waals surface area contributed by atoms with Gasteiger partial charge in [0, 0.05) is 51.8 Å². The second kappa shape index (κ2) is 7.25. The third-order valence-corrected chi connectivity index (χ3v) is 5.49. The molecule has 136 valence electrons. The van der Waals surface area contributed by atoms with E-state index >= 15 is 0 Å². The average molecular weight is 346 g/mol. The molecule has 3 saturated heterocycles. The number of aromatic nitrogens is 2. The molecular formula is C18H26N4O3. The number of ether oxygens (including phenoxy) is 2. The van der Waals surface area contributed by atoms with E-state index < -0.39 is 0 Å². The highest BCUT2D eigenvalue weighted by Crippen LogP contribution is 2.29. The predicted octanol–water partition coefficient (Wildman–Crippen LogP) is 1.49. The fourth-order valence-electron chi connectivity index (χ4n) is 3.99. The van der Waals surface area contributed by atoms with E-state index in [-0.39, 0.29) is 11.5 Å². The van der Waals surface area contributed by atoms with Crippen LogP contribution in [0.1, 0.15) is 42.6 Å². The lowest BCUT2D eigenvalue weighted by Gasteiger charge is -2.44. The maximum absolute atomic E-state index is 13.0. The zero-order chi connectivity index (χ0) is 17.1. The molecule has 3 aliphatic heterocycles. The minimum absolute atomic E-state index is 0.0187. The topological polar surface area (TPSA) is 67.8 Å². The molecule has 1 amide bonds. The maximum Gasteiger partial charge on any atom is 0.272 e. The van der Waals surface area contributed by atoms with Crippen molar-refractivity contribution < 1.29 is 14.3 Å². The van der Waals surface area contributed by atoms with Crippen LogP contribution in [0.3, 0.4) is 0 Å². The van der Waals surface area contributed by atoms with Crippen LogP contribution in [-0.2, 0) is 9.47 Å². The number of anilines is 1. The van der Waals surface area contributed by atoms with Gasteiger partial charge in [-0.3, -0.25) is 4.79 Å². The number of carbonyl (C=O) groups excluding carboxylic acids is 1. The van der Waals surface area contributed by atoms with E-state index in [0.717, 1.165) is 31.7 Å². The Kier molecular flexibility index (Phi) is 4.85. The highest BCUT2D eigenvalue weighted by molar-refractivity contribution is 5.93. The van der Waals surface area contributed by atoms with E-state index in [1.807, 2.05) is 11.0 Å². The second-order valence-electron chi connectivity index (χ2n) is 7.18. The minimum atomic E-state index is -0.241. The monoisotopic (exact) mass is 346 g/mol. The van der Waals surface area contributed by atoms with Crippen LogP contribution in [0.2, 0.25) is 0 Å². The van der Waals surface area contributed by atoms with Gasteiger partial charge < -0.3 is 19.3 Å². The number of amides is 1. The first-order valence-electron chi connectivity index (χ1n) is 9.34. The fraction of sp³-hybridized carbons (Fsp3) is 0.722. The zero-order valence-corrected chi connectivity index (χ0v) is 14.7. The third kappa shape index (κ3) is 3.62. The Hall–Kier alpha value is -1.73. The van der Waals surface area contributed by atoms with Crippen LogP contribution < -0.4 is 4.90 Å². The van der Waals surface area contributed by atoms with Crippen LogP contribution in [0.4, 0.5) is 5.82 Å². The van der Waals surface area contributed by atoms with E-state index in [1.54, 1.807) is 0 Å². The molecule has 0 N–H and O–H groups in total. The molecular weight excluding hydrogens is 320 g/mol. The standard InChI is InChI=1S/C18H26N4O3/c23-17(22-8-11-25-18(13-22)4-9-24-10-5-18)15-12-16(20-14-19-15)21-6-2-1-3-7-21/h12,14H,1-11,13H2. The van der Waals surface area contributed by atoms with E-state index in [4.69, 9.17) is 9.47 Å². The summed E-state index contributed by atoms with van der Waals surface area (Å²) in [6.07, 6.45) is 6.84. The molecule has 7 nitrogen and oxygen atoms in total. The SMILES string of the molecule is O=C(c1cc(N2CCCCC2)ncn1)N1CCOC2(CCOCC2)C1. The summed E-state index contributed by atoms with van der Waals surface area (Å²) in [6.45, 7) is 5.23. The largest absolute Gasteiger partial charge is 0.381 e. The molecule has 1 spiro atoms. The number of hydrogen-bond donors (Lipinski definition) is 0. The van der Waals surface area contributed by atoms with E-state index in [2.05, 4.69) is 14.9 Å². The summed E-state index contributed by atoms with van der Waals surface area (Å²) in [5, 5.41) is 0. The quantitative estimate of drug-likeness (QED) is 0.808. The summed E-state index contributed by atoms with van der Waals surface area (Å²) < 4.78 is 11.5. The van der Waals surface area contributed by atoms with Crippen molar-refractivity contribution in [2.75, 3.05) is 50.9 Å². The van der Waals surface area contributed by atoms with E-state index in [0.29, 0.717) is 38.6 Å². The van der Waals surface area contributed by atoms with Crippen LogP contribution in [-0.4, -0.2) is 72.4 Å². The van der Waals surface area contributed by atoms with E-state index in [9.17, 15) is 4.79 Å². The van der Waals surface area contributed by atoms with Crippen LogP contribution in [0, 0.1) is 0 Å². The molecule has 0 unspecified atom stereocenters. The van der Waals surface area contributed by atoms with Crippen LogP contribution in [0.5, 0.6) is 0 Å². The molecule has 4 heterocycles. The Morgan fingerprint density at radius 1 is 1.04 bits per heavy atom. The lowest BCUT2D eigenvalue weighted by atomic mass is 9.92. The van der Waals surface area contributed by atoms with Gasteiger partial charge in [0.05, 0.1) is 18.8 Å². The Morgan fingerprint density at radius 2 is 1.84 bits per heavy atom. The number of morpholine rings is 1.